The molecular formula is C18H20N2O2. The van der Waals surface area contributed by atoms with E-state index < -0.39 is 0 Å². The number of rotatable bonds is 7. The van der Waals surface area contributed by atoms with Gasteiger partial charge in [-0.05, 0) is 24.1 Å². The summed E-state index contributed by atoms with van der Waals surface area (Å²) in [6.45, 7) is 2.45. The number of carbonyl (C=O) groups excluding carboxylic acids is 1. The first-order chi connectivity index (χ1) is 10.8. The molecule has 1 N–H and O–H groups in total. The summed E-state index contributed by atoms with van der Waals surface area (Å²) in [6.07, 6.45) is 2.88. The van der Waals surface area contributed by atoms with E-state index in [9.17, 15) is 4.79 Å². The molecule has 0 saturated carbocycles. The second kappa shape index (κ2) is 8.62. The summed E-state index contributed by atoms with van der Waals surface area (Å²) in [5.74, 6) is 0.654. The van der Waals surface area contributed by atoms with Crippen LogP contribution in [0, 0.1) is 0 Å². The van der Waals surface area contributed by atoms with Crippen LogP contribution in [0.3, 0.4) is 0 Å². The molecule has 0 spiro atoms. The zero-order valence-electron chi connectivity index (χ0n) is 12.7. The highest BCUT2D eigenvalue weighted by Gasteiger charge is 2.02. The average Bonchev–Trinajstić information content (AvgIpc) is 2.55. The van der Waals surface area contributed by atoms with Crippen molar-refractivity contribution in [1.29, 1.82) is 0 Å². The maximum absolute atomic E-state index is 11.4. The minimum Gasteiger partial charge on any atom is -0.488 e. The summed E-state index contributed by atoms with van der Waals surface area (Å²) < 4.78 is 5.82. The summed E-state index contributed by atoms with van der Waals surface area (Å²) in [6, 6.07) is 17.6. The maximum atomic E-state index is 11.4. The molecule has 0 aliphatic rings. The van der Waals surface area contributed by atoms with Gasteiger partial charge in [0.2, 0.25) is 5.91 Å². The van der Waals surface area contributed by atoms with Crippen molar-refractivity contribution in [2.24, 2.45) is 5.10 Å². The Hall–Kier alpha value is -2.62. The van der Waals surface area contributed by atoms with Crippen molar-refractivity contribution in [3.05, 3.63) is 65.7 Å². The Bertz CT molecular complexity index is 624. The minimum absolute atomic E-state index is 0.0820. The van der Waals surface area contributed by atoms with E-state index in [1.807, 2.05) is 61.5 Å². The van der Waals surface area contributed by atoms with Crippen LogP contribution in [0.1, 0.15) is 30.9 Å². The fourth-order valence-corrected chi connectivity index (χ4v) is 1.91. The normalized spacial score (nSPS) is 10.6. The number of amides is 1. The van der Waals surface area contributed by atoms with E-state index >= 15 is 0 Å². The predicted octanol–water partition coefficient (Wildman–Crippen LogP) is 3.52. The molecule has 2 aromatic rings. The standard InChI is InChI=1S/C18H20N2O2/c1-2-8-18(21)20-19-13-16-11-6-7-12-17(16)22-14-15-9-4-3-5-10-15/h3-7,9-13H,2,8,14H2,1H3,(H,20,21)/b19-13+. The van der Waals surface area contributed by atoms with Crippen LogP contribution in [0.2, 0.25) is 0 Å². The van der Waals surface area contributed by atoms with Gasteiger partial charge in [-0.2, -0.15) is 5.10 Å². The Balaban J connectivity index is 1.97. The van der Waals surface area contributed by atoms with Gasteiger partial charge in [-0.1, -0.05) is 49.4 Å². The second-order valence-electron chi connectivity index (χ2n) is 4.86. The first-order valence-electron chi connectivity index (χ1n) is 7.37. The fraction of sp³-hybridized carbons (Fsp3) is 0.222. The number of nitrogens with one attached hydrogen (secondary N) is 1. The van der Waals surface area contributed by atoms with Crippen molar-refractivity contribution in [2.75, 3.05) is 0 Å². The van der Waals surface area contributed by atoms with Gasteiger partial charge >= 0.3 is 0 Å². The van der Waals surface area contributed by atoms with Gasteiger partial charge in [0.1, 0.15) is 12.4 Å². The first-order valence-corrected chi connectivity index (χ1v) is 7.37. The summed E-state index contributed by atoms with van der Waals surface area (Å²) in [7, 11) is 0. The van der Waals surface area contributed by atoms with Crippen LogP contribution >= 0.6 is 0 Å². The first kappa shape index (κ1) is 15.8. The van der Waals surface area contributed by atoms with Crippen LogP contribution in [0.15, 0.2) is 59.7 Å². The molecule has 0 heterocycles. The van der Waals surface area contributed by atoms with Gasteiger partial charge < -0.3 is 4.74 Å². The highest BCUT2D eigenvalue weighted by molar-refractivity contribution is 5.85. The van der Waals surface area contributed by atoms with E-state index in [-0.39, 0.29) is 5.91 Å². The molecule has 0 aliphatic carbocycles. The number of ether oxygens (including phenoxy) is 1. The van der Waals surface area contributed by atoms with E-state index in [1.54, 1.807) is 6.21 Å². The third-order valence-electron chi connectivity index (χ3n) is 3.03. The van der Waals surface area contributed by atoms with Crippen molar-refractivity contribution < 1.29 is 9.53 Å². The molecule has 2 rings (SSSR count). The molecule has 4 nitrogen and oxygen atoms in total. The molecular weight excluding hydrogens is 276 g/mol. The molecule has 0 unspecified atom stereocenters. The minimum atomic E-state index is -0.0820. The van der Waals surface area contributed by atoms with Crippen LogP contribution in [-0.4, -0.2) is 12.1 Å². The lowest BCUT2D eigenvalue weighted by molar-refractivity contribution is -0.121. The zero-order chi connectivity index (χ0) is 15.6. The molecule has 0 aliphatic heterocycles. The maximum Gasteiger partial charge on any atom is 0.240 e. The number of benzene rings is 2. The summed E-state index contributed by atoms with van der Waals surface area (Å²) in [5, 5.41) is 3.97. The lowest BCUT2D eigenvalue weighted by Crippen LogP contribution is -2.16. The molecule has 0 radical (unpaired) electrons. The SMILES string of the molecule is CCCC(=O)N/N=C/c1ccccc1OCc1ccccc1. The van der Waals surface area contributed by atoms with E-state index in [0.717, 1.165) is 23.3 Å². The van der Waals surface area contributed by atoms with Gasteiger partial charge in [0.05, 0.1) is 6.21 Å². The molecule has 0 bridgehead atoms. The Labute approximate surface area is 130 Å². The number of hydrogen-bond acceptors (Lipinski definition) is 3. The zero-order valence-corrected chi connectivity index (χ0v) is 12.7. The monoisotopic (exact) mass is 296 g/mol. The lowest BCUT2D eigenvalue weighted by Gasteiger charge is -2.08. The molecule has 0 fully saturated rings. The van der Waals surface area contributed by atoms with Crippen LogP contribution in [0.4, 0.5) is 0 Å². The molecule has 0 aromatic heterocycles. The molecule has 0 saturated heterocycles. The van der Waals surface area contributed by atoms with Gasteiger partial charge in [0.15, 0.2) is 0 Å². The Morgan fingerprint density at radius 1 is 1.14 bits per heavy atom. The number of hydrogen-bond donors (Lipinski definition) is 1. The van der Waals surface area contributed by atoms with Crippen LogP contribution < -0.4 is 10.2 Å². The number of nitrogens with zero attached hydrogens (tertiary/aromatic N) is 1. The van der Waals surface area contributed by atoms with Crippen molar-refractivity contribution >= 4 is 12.1 Å². The highest BCUT2D eigenvalue weighted by Crippen LogP contribution is 2.17. The Morgan fingerprint density at radius 2 is 1.86 bits per heavy atom. The second-order valence-corrected chi connectivity index (χ2v) is 4.86. The molecule has 22 heavy (non-hydrogen) atoms. The molecule has 114 valence electrons. The van der Waals surface area contributed by atoms with E-state index in [0.29, 0.717) is 13.0 Å². The van der Waals surface area contributed by atoms with E-state index in [2.05, 4.69) is 10.5 Å². The summed E-state index contributed by atoms with van der Waals surface area (Å²) in [4.78, 5) is 11.4. The lowest BCUT2D eigenvalue weighted by atomic mass is 10.2. The molecule has 4 heteroatoms. The van der Waals surface area contributed by atoms with Crippen molar-refractivity contribution in [3.63, 3.8) is 0 Å². The van der Waals surface area contributed by atoms with Gasteiger partial charge in [-0.3, -0.25) is 4.79 Å². The van der Waals surface area contributed by atoms with Crippen LogP contribution in [0.5, 0.6) is 5.75 Å². The van der Waals surface area contributed by atoms with Crippen molar-refractivity contribution in [3.8, 4) is 5.75 Å². The summed E-state index contributed by atoms with van der Waals surface area (Å²) >= 11 is 0. The van der Waals surface area contributed by atoms with Crippen molar-refractivity contribution in [1.82, 2.24) is 5.43 Å². The van der Waals surface area contributed by atoms with E-state index in [4.69, 9.17) is 4.74 Å². The molecule has 2 aromatic carbocycles. The number of para-hydroxylation sites is 1. The average molecular weight is 296 g/mol. The number of hydrazone groups is 1. The third kappa shape index (κ3) is 5.05. The topological polar surface area (TPSA) is 50.7 Å². The molecule has 1 amide bonds. The van der Waals surface area contributed by atoms with Crippen LogP contribution in [0.25, 0.3) is 0 Å². The largest absolute Gasteiger partial charge is 0.488 e. The fourth-order valence-electron chi connectivity index (χ4n) is 1.91. The van der Waals surface area contributed by atoms with Gasteiger partial charge in [-0.25, -0.2) is 5.43 Å². The Morgan fingerprint density at radius 3 is 2.64 bits per heavy atom. The van der Waals surface area contributed by atoms with Crippen LogP contribution in [-0.2, 0) is 11.4 Å². The Kier molecular flexibility index (Phi) is 6.18. The van der Waals surface area contributed by atoms with Gasteiger partial charge in [-0.15, -0.1) is 0 Å². The predicted molar refractivity (Wildman–Crippen MR) is 87.9 cm³/mol. The quantitative estimate of drug-likeness (QED) is 0.628. The highest BCUT2D eigenvalue weighted by atomic mass is 16.5. The van der Waals surface area contributed by atoms with Gasteiger partial charge in [0, 0.05) is 12.0 Å². The van der Waals surface area contributed by atoms with Crippen molar-refractivity contribution in [2.45, 2.75) is 26.4 Å². The van der Waals surface area contributed by atoms with Gasteiger partial charge in [0.25, 0.3) is 0 Å². The summed E-state index contributed by atoms with van der Waals surface area (Å²) in [5.41, 5.74) is 4.44. The number of carbonyl (C=O) groups is 1. The smallest absolute Gasteiger partial charge is 0.240 e. The molecule has 0 atom stereocenters. The van der Waals surface area contributed by atoms with E-state index in [1.165, 1.54) is 0 Å². The third-order valence-corrected chi connectivity index (χ3v) is 3.03.